The number of hydrogen-bond acceptors (Lipinski definition) is 2. The zero-order valence-corrected chi connectivity index (χ0v) is 15.7. The van der Waals surface area contributed by atoms with E-state index < -0.39 is 0 Å². The Morgan fingerprint density at radius 2 is 1.39 bits per heavy atom. The van der Waals surface area contributed by atoms with Gasteiger partial charge in [0.1, 0.15) is 6.61 Å². The summed E-state index contributed by atoms with van der Waals surface area (Å²) in [7, 11) is 0. The van der Waals surface area contributed by atoms with Gasteiger partial charge in [-0.1, -0.05) is 78.9 Å². The van der Waals surface area contributed by atoms with Gasteiger partial charge in [-0.25, -0.2) is 4.79 Å². The van der Waals surface area contributed by atoms with Crippen LogP contribution in [0.4, 0.5) is 0 Å². The molecule has 0 fully saturated rings. The number of aromatic nitrogens is 1. The van der Waals surface area contributed by atoms with E-state index in [-0.39, 0.29) is 12.6 Å². The second-order valence-corrected chi connectivity index (χ2v) is 6.63. The number of nitrogens with zero attached hydrogens (tertiary/aromatic N) is 1. The molecule has 0 bridgehead atoms. The quantitative estimate of drug-likeness (QED) is 0.417. The molecule has 0 unspecified atom stereocenters. The summed E-state index contributed by atoms with van der Waals surface area (Å²) >= 11 is 0. The fourth-order valence-electron chi connectivity index (χ4n) is 3.35. The molecule has 4 aromatic rings. The molecule has 0 saturated carbocycles. The maximum Gasteiger partial charge on any atom is 0.340 e. The molecule has 138 valence electrons. The van der Waals surface area contributed by atoms with E-state index in [1.165, 1.54) is 0 Å². The number of carbonyl (C=O) groups is 1. The molecule has 28 heavy (non-hydrogen) atoms. The molecule has 0 aliphatic heterocycles. The van der Waals surface area contributed by atoms with Crippen molar-refractivity contribution in [3.63, 3.8) is 0 Å². The van der Waals surface area contributed by atoms with Gasteiger partial charge in [0.15, 0.2) is 0 Å². The molecule has 3 aromatic carbocycles. The average molecular weight is 367 g/mol. The first-order valence-corrected chi connectivity index (χ1v) is 9.28. The van der Waals surface area contributed by atoms with Crippen molar-refractivity contribution in [1.82, 2.24) is 4.57 Å². The number of ether oxygens (including phenoxy) is 1. The minimum atomic E-state index is -0.312. The van der Waals surface area contributed by atoms with Gasteiger partial charge in [0, 0.05) is 11.4 Å². The first-order chi connectivity index (χ1) is 13.7. The Kier molecular flexibility index (Phi) is 5.07. The molecule has 0 radical (unpaired) electrons. The topological polar surface area (TPSA) is 31.2 Å². The van der Waals surface area contributed by atoms with E-state index in [4.69, 9.17) is 4.74 Å². The Hall–Kier alpha value is -3.59. The molecule has 4 rings (SSSR count). The fraction of sp³-hybridized carbons (Fsp3) is 0.0800. The Balaban J connectivity index is 1.72. The highest BCUT2D eigenvalue weighted by Gasteiger charge is 2.20. The lowest BCUT2D eigenvalue weighted by atomic mass is 10.1. The minimum absolute atomic E-state index is 0.260. The van der Waals surface area contributed by atoms with E-state index in [1.54, 1.807) is 0 Å². The third kappa shape index (κ3) is 3.60. The predicted molar refractivity (Wildman–Crippen MR) is 112 cm³/mol. The molecule has 0 saturated heterocycles. The maximum atomic E-state index is 12.8. The summed E-state index contributed by atoms with van der Waals surface area (Å²) in [5, 5.41) is 0. The molecule has 3 heteroatoms. The van der Waals surface area contributed by atoms with Crippen molar-refractivity contribution in [2.45, 2.75) is 13.5 Å². The largest absolute Gasteiger partial charge is 0.457 e. The van der Waals surface area contributed by atoms with Crippen LogP contribution in [0.25, 0.3) is 16.9 Å². The van der Waals surface area contributed by atoms with Gasteiger partial charge < -0.3 is 9.30 Å². The van der Waals surface area contributed by atoms with Gasteiger partial charge in [-0.05, 0) is 36.2 Å². The Morgan fingerprint density at radius 1 is 0.821 bits per heavy atom. The predicted octanol–water partition coefficient (Wildman–Crippen LogP) is 5.81. The number of esters is 1. The summed E-state index contributed by atoms with van der Waals surface area (Å²) in [4.78, 5) is 12.8. The van der Waals surface area contributed by atoms with Crippen LogP contribution in [0.1, 0.15) is 21.6 Å². The number of hydrogen-bond donors (Lipinski definition) is 0. The van der Waals surface area contributed by atoms with Gasteiger partial charge in [0.25, 0.3) is 0 Å². The van der Waals surface area contributed by atoms with Gasteiger partial charge in [-0.15, -0.1) is 0 Å². The zero-order chi connectivity index (χ0) is 19.3. The van der Waals surface area contributed by atoms with Crippen LogP contribution in [-0.2, 0) is 11.3 Å². The summed E-state index contributed by atoms with van der Waals surface area (Å²) in [6.45, 7) is 2.22. The van der Waals surface area contributed by atoms with Crippen LogP contribution in [0, 0.1) is 6.92 Å². The van der Waals surface area contributed by atoms with Gasteiger partial charge in [0.2, 0.25) is 0 Å². The minimum Gasteiger partial charge on any atom is -0.457 e. The van der Waals surface area contributed by atoms with E-state index >= 15 is 0 Å². The standard InChI is InChI=1S/C25H21NO2/c1-19-23(25(27)28-18-20-11-5-2-6-12-20)17-24(21-13-7-3-8-14-21)26(19)22-15-9-4-10-16-22/h2-17H,18H2,1H3. The molecule has 0 N–H and O–H groups in total. The highest BCUT2D eigenvalue weighted by molar-refractivity contribution is 5.93. The van der Waals surface area contributed by atoms with Gasteiger partial charge in [0.05, 0.1) is 11.3 Å². The lowest BCUT2D eigenvalue weighted by Crippen LogP contribution is -2.07. The lowest BCUT2D eigenvalue weighted by molar-refractivity contribution is 0.0472. The average Bonchev–Trinajstić information content (AvgIpc) is 3.11. The van der Waals surface area contributed by atoms with Crippen LogP contribution in [-0.4, -0.2) is 10.5 Å². The van der Waals surface area contributed by atoms with Gasteiger partial charge in [-0.2, -0.15) is 0 Å². The van der Waals surface area contributed by atoms with Crippen molar-refractivity contribution >= 4 is 5.97 Å². The Labute approximate surface area is 164 Å². The van der Waals surface area contributed by atoms with Crippen molar-refractivity contribution in [2.75, 3.05) is 0 Å². The summed E-state index contributed by atoms with van der Waals surface area (Å²) in [6.07, 6.45) is 0. The van der Waals surface area contributed by atoms with Crippen molar-refractivity contribution in [3.8, 4) is 16.9 Å². The second-order valence-electron chi connectivity index (χ2n) is 6.63. The van der Waals surface area contributed by atoms with Crippen LogP contribution < -0.4 is 0 Å². The molecule has 0 atom stereocenters. The van der Waals surface area contributed by atoms with Crippen LogP contribution in [0.3, 0.4) is 0 Å². The second kappa shape index (κ2) is 7.97. The Morgan fingerprint density at radius 3 is 2.04 bits per heavy atom. The lowest BCUT2D eigenvalue weighted by Gasteiger charge is -2.12. The number of benzene rings is 3. The summed E-state index contributed by atoms with van der Waals surface area (Å²) in [5.41, 5.74) is 5.45. The third-order valence-corrected chi connectivity index (χ3v) is 4.76. The van der Waals surface area contributed by atoms with E-state index in [1.807, 2.05) is 104 Å². The monoisotopic (exact) mass is 367 g/mol. The highest BCUT2D eigenvalue weighted by Crippen LogP contribution is 2.30. The van der Waals surface area contributed by atoms with Crippen molar-refractivity contribution in [2.24, 2.45) is 0 Å². The van der Waals surface area contributed by atoms with Crippen molar-refractivity contribution < 1.29 is 9.53 Å². The smallest absolute Gasteiger partial charge is 0.340 e. The summed E-state index contributed by atoms with van der Waals surface area (Å²) < 4.78 is 7.69. The fourth-order valence-corrected chi connectivity index (χ4v) is 3.35. The molecule has 0 spiro atoms. The van der Waals surface area contributed by atoms with Crippen molar-refractivity contribution in [1.29, 1.82) is 0 Å². The maximum absolute atomic E-state index is 12.8. The molecule has 1 heterocycles. The Bertz CT molecular complexity index is 1070. The first kappa shape index (κ1) is 17.8. The highest BCUT2D eigenvalue weighted by atomic mass is 16.5. The molecule has 0 aliphatic carbocycles. The van der Waals surface area contributed by atoms with Crippen LogP contribution in [0.15, 0.2) is 97.1 Å². The zero-order valence-electron chi connectivity index (χ0n) is 15.7. The first-order valence-electron chi connectivity index (χ1n) is 9.28. The molecular formula is C25H21NO2. The summed E-state index contributed by atoms with van der Waals surface area (Å²) in [5.74, 6) is -0.312. The van der Waals surface area contributed by atoms with E-state index in [2.05, 4.69) is 4.57 Å². The molecule has 0 amide bonds. The number of rotatable bonds is 5. The summed E-state index contributed by atoms with van der Waals surface area (Å²) in [6, 6.07) is 31.8. The third-order valence-electron chi connectivity index (χ3n) is 4.76. The normalized spacial score (nSPS) is 10.6. The van der Waals surface area contributed by atoms with E-state index in [0.29, 0.717) is 5.56 Å². The number of para-hydroxylation sites is 1. The van der Waals surface area contributed by atoms with Crippen LogP contribution in [0.2, 0.25) is 0 Å². The number of carbonyl (C=O) groups excluding carboxylic acids is 1. The van der Waals surface area contributed by atoms with Crippen molar-refractivity contribution in [3.05, 3.63) is 114 Å². The molecule has 3 nitrogen and oxygen atoms in total. The van der Waals surface area contributed by atoms with Gasteiger partial charge >= 0.3 is 5.97 Å². The van der Waals surface area contributed by atoms with E-state index in [0.717, 1.165) is 28.2 Å². The van der Waals surface area contributed by atoms with Crippen LogP contribution in [0.5, 0.6) is 0 Å². The van der Waals surface area contributed by atoms with Gasteiger partial charge in [-0.3, -0.25) is 0 Å². The SMILES string of the molecule is Cc1c(C(=O)OCc2ccccc2)cc(-c2ccccc2)n1-c1ccccc1. The van der Waals surface area contributed by atoms with E-state index in [9.17, 15) is 4.79 Å². The molecular weight excluding hydrogens is 346 g/mol. The molecule has 0 aliphatic rings. The molecule has 1 aromatic heterocycles. The van der Waals surface area contributed by atoms with Crippen LogP contribution >= 0.6 is 0 Å².